The van der Waals surface area contributed by atoms with E-state index in [1.165, 1.54) is 0 Å². The van der Waals surface area contributed by atoms with Gasteiger partial charge in [0.1, 0.15) is 0 Å². The Hall–Kier alpha value is -0.383. The van der Waals surface area contributed by atoms with Gasteiger partial charge in [0.2, 0.25) is 6.54 Å². The second-order valence-electron chi connectivity index (χ2n) is 2.59. The molecule has 0 spiro atoms. The summed E-state index contributed by atoms with van der Waals surface area (Å²) in [7, 11) is -0.534. The van der Waals surface area contributed by atoms with Gasteiger partial charge in [0.05, 0.1) is 0 Å². The minimum Gasteiger partial charge on any atom is -0.265 e. The Morgan fingerprint density at radius 1 is 1.56 bits per heavy atom. The Bertz CT molecular complexity index is 95.0. The van der Waals surface area contributed by atoms with Crippen LogP contribution in [0.5, 0.6) is 0 Å². The van der Waals surface area contributed by atoms with Crippen molar-refractivity contribution in [1.29, 1.82) is 0 Å². The van der Waals surface area contributed by atoms with Gasteiger partial charge in [-0.3, -0.25) is 10.1 Å². The molecule has 0 N–H and O–H groups in total. The molecule has 54 valence electrons. The Balaban J connectivity index is 3.01. The highest BCUT2D eigenvalue weighted by molar-refractivity contribution is 6.55. The standard InChI is InChI=1S/C5H13NO2Si/c1-9(2)5-3-4-6(7)8/h9H,3-5H2,1-2H3. The zero-order chi connectivity index (χ0) is 7.28. The van der Waals surface area contributed by atoms with Gasteiger partial charge >= 0.3 is 0 Å². The Morgan fingerprint density at radius 3 is 2.44 bits per heavy atom. The summed E-state index contributed by atoms with van der Waals surface area (Å²) in [6, 6.07) is 1.10. The summed E-state index contributed by atoms with van der Waals surface area (Å²) in [5, 5.41) is 9.80. The summed E-state index contributed by atoms with van der Waals surface area (Å²) in [6.07, 6.45) is 0.775. The number of hydrogen-bond donors (Lipinski definition) is 0. The van der Waals surface area contributed by atoms with E-state index in [4.69, 9.17) is 0 Å². The van der Waals surface area contributed by atoms with Crippen molar-refractivity contribution < 1.29 is 4.92 Å². The Labute approximate surface area is 56.8 Å². The van der Waals surface area contributed by atoms with Crippen LogP contribution in [-0.2, 0) is 0 Å². The molecule has 4 heteroatoms. The van der Waals surface area contributed by atoms with E-state index in [0.717, 1.165) is 12.5 Å². The summed E-state index contributed by atoms with van der Waals surface area (Å²) in [6.45, 7) is 4.57. The monoisotopic (exact) mass is 147 g/mol. The molecule has 0 bridgehead atoms. The fourth-order valence-corrected chi connectivity index (χ4v) is 1.63. The van der Waals surface area contributed by atoms with E-state index < -0.39 is 8.80 Å². The van der Waals surface area contributed by atoms with Crippen LogP contribution in [0.15, 0.2) is 0 Å². The second-order valence-corrected chi connectivity index (χ2v) is 5.96. The predicted molar refractivity (Wildman–Crippen MR) is 40.2 cm³/mol. The summed E-state index contributed by atoms with van der Waals surface area (Å²) in [5.41, 5.74) is 0. The summed E-state index contributed by atoms with van der Waals surface area (Å²) in [5.74, 6) is 0. The molecule has 0 aliphatic carbocycles. The van der Waals surface area contributed by atoms with E-state index in [0.29, 0.717) is 0 Å². The molecule has 0 aromatic heterocycles. The smallest absolute Gasteiger partial charge is 0.203 e. The lowest BCUT2D eigenvalue weighted by molar-refractivity contribution is -0.479. The number of hydrogen-bond acceptors (Lipinski definition) is 2. The highest BCUT2D eigenvalue weighted by Crippen LogP contribution is 1.95. The van der Waals surface area contributed by atoms with Crippen molar-refractivity contribution in [3.63, 3.8) is 0 Å². The van der Waals surface area contributed by atoms with Crippen LogP contribution in [0.1, 0.15) is 6.42 Å². The molecule has 0 unspecified atom stereocenters. The van der Waals surface area contributed by atoms with Gasteiger partial charge in [0.25, 0.3) is 0 Å². The van der Waals surface area contributed by atoms with E-state index in [1.807, 2.05) is 0 Å². The molecule has 0 radical (unpaired) electrons. The molecule has 0 aromatic rings. The lowest BCUT2D eigenvalue weighted by Gasteiger charge is -1.96. The summed E-state index contributed by atoms with van der Waals surface area (Å²) in [4.78, 5) is 9.56. The lowest BCUT2D eigenvalue weighted by atomic mass is 10.5. The average Bonchev–Trinajstić information content (AvgIpc) is 1.63. The first-order valence-corrected chi connectivity index (χ1v) is 6.37. The zero-order valence-corrected chi connectivity index (χ0v) is 7.12. The van der Waals surface area contributed by atoms with Crippen molar-refractivity contribution >= 4 is 8.80 Å². The van der Waals surface area contributed by atoms with Crippen LogP contribution in [0.2, 0.25) is 19.1 Å². The number of nitrogens with zero attached hydrogens (tertiary/aromatic N) is 1. The molecular weight excluding hydrogens is 134 g/mol. The van der Waals surface area contributed by atoms with Gasteiger partial charge in [-0.1, -0.05) is 19.1 Å². The third kappa shape index (κ3) is 7.62. The van der Waals surface area contributed by atoms with Crippen LogP contribution < -0.4 is 0 Å². The fraction of sp³-hybridized carbons (Fsp3) is 1.00. The van der Waals surface area contributed by atoms with Crippen molar-refractivity contribution in [1.82, 2.24) is 0 Å². The van der Waals surface area contributed by atoms with Gasteiger partial charge in [-0.05, 0) is 0 Å². The van der Waals surface area contributed by atoms with E-state index in [1.54, 1.807) is 0 Å². The largest absolute Gasteiger partial charge is 0.265 e. The van der Waals surface area contributed by atoms with Crippen LogP contribution in [0.4, 0.5) is 0 Å². The first-order chi connectivity index (χ1) is 4.13. The predicted octanol–water partition coefficient (Wildman–Crippen LogP) is 1.14. The highest BCUT2D eigenvalue weighted by atomic mass is 28.3. The quantitative estimate of drug-likeness (QED) is 0.340. The van der Waals surface area contributed by atoms with Crippen LogP contribution in [0.3, 0.4) is 0 Å². The van der Waals surface area contributed by atoms with E-state index in [9.17, 15) is 10.1 Å². The molecule has 0 aliphatic rings. The minimum absolute atomic E-state index is 0.158. The van der Waals surface area contributed by atoms with Gasteiger partial charge in [-0.2, -0.15) is 0 Å². The first-order valence-electron chi connectivity index (χ1n) is 3.24. The van der Waals surface area contributed by atoms with Crippen molar-refractivity contribution in [3.05, 3.63) is 10.1 Å². The normalized spacial score (nSPS) is 10.1. The highest BCUT2D eigenvalue weighted by Gasteiger charge is 1.99. The molecule has 0 aromatic carbocycles. The molecule has 0 saturated heterocycles. The summed E-state index contributed by atoms with van der Waals surface area (Å²) < 4.78 is 0. The van der Waals surface area contributed by atoms with E-state index in [2.05, 4.69) is 13.1 Å². The topological polar surface area (TPSA) is 43.1 Å². The van der Waals surface area contributed by atoms with Gasteiger partial charge in [0.15, 0.2) is 0 Å². The van der Waals surface area contributed by atoms with Gasteiger partial charge in [-0.25, -0.2) is 0 Å². The molecule has 0 atom stereocenters. The lowest BCUT2D eigenvalue weighted by Crippen LogP contribution is -2.05. The molecule has 0 amide bonds. The van der Waals surface area contributed by atoms with Crippen LogP contribution >= 0.6 is 0 Å². The molecule has 0 saturated carbocycles. The molecule has 0 rings (SSSR count). The van der Waals surface area contributed by atoms with Crippen LogP contribution in [0.25, 0.3) is 0 Å². The van der Waals surface area contributed by atoms with Crippen molar-refractivity contribution in [2.75, 3.05) is 6.54 Å². The maximum atomic E-state index is 9.80. The third-order valence-corrected chi connectivity index (χ3v) is 2.69. The maximum Gasteiger partial charge on any atom is 0.203 e. The molecule has 0 fully saturated rings. The SMILES string of the molecule is C[SiH](C)CCC[N+](=O)[O-]. The van der Waals surface area contributed by atoms with Crippen molar-refractivity contribution in [3.8, 4) is 0 Å². The van der Waals surface area contributed by atoms with Gasteiger partial charge in [0, 0.05) is 20.1 Å². The zero-order valence-electron chi connectivity index (χ0n) is 5.96. The van der Waals surface area contributed by atoms with Crippen molar-refractivity contribution in [2.45, 2.75) is 25.6 Å². The van der Waals surface area contributed by atoms with E-state index in [-0.39, 0.29) is 11.5 Å². The minimum atomic E-state index is -0.534. The average molecular weight is 147 g/mol. The first kappa shape index (κ1) is 8.62. The van der Waals surface area contributed by atoms with Gasteiger partial charge < -0.3 is 0 Å². The Kier molecular flexibility index (Phi) is 4.30. The second kappa shape index (κ2) is 4.49. The molecule has 0 heterocycles. The third-order valence-electron chi connectivity index (χ3n) is 1.12. The number of rotatable bonds is 4. The molecule has 9 heavy (non-hydrogen) atoms. The molecule has 0 aliphatic heterocycles. The van der Waals surface area contributed by atoms with Gasteiger partial charge in [-0.15, -0.1) is 0 Å². The Morgan fingerprint density at radius 2 is 2.11 bits per heavy atom. The molecule has 3 nitrogen and oxygen atoms in total. The van der Waals surface area contributed by atoms with Crippen molar-refractivity contribution in [2.24, 2.45) is 0 Å². The fourth-order valence-electron chi connectivity index (χ4n) is 0.629. The maximum absolute atomic E-state index is 9.80. The molecular formula is C5H13NO2Si. The number of nitro groups is 1. The summed E-state index contributed by atoms with van der Waals surface area (Å²) >= 11 is 0. The van der Waals surface area contributed by atoms with Crippen LogP contribution in [-0.4, -0.2) is 20.3 Å². The van der Waals surface area contributed by atoms with Crippen LogP contribution in [0, 0.1) is 10.1 Å². The van der Waals surface area contributed by atoms with E-state index >= 15 is 0 Å².